The highest BCUT2D eigenvalue weighted by atomic mass is 127. The van der Waals surface area contributed by atoms with E-state index in [-0.39, 0.29) is 9.96 Å². The van der Waals surface area contributed by atoms with Crippen LogP contribution in [0.15, 0.2) is 30.3 Å². The zero-order chi connectivity index (χ0) is 8.97. The van der Waals surface area contributed by atoms with Crippen LogP contribution >= 0.6 is 22.6 Å². The Bertz CT molecular complexity index is 260. The van der Waals surface area contributed by atoms with Gasteiger partial charge in [0.1, 0.15) is 0 Å². The summed E-state index contributed by atoms with van der Waals surface area (Å²) < 4.78 is -0.0241. The van der Waals surface area contributed by atoms with Crippen LogP contribution in [0.5, 0.6) is 0 Å². The van der Waals surface area contributed by atoms with E-state index in [9.17, 15) is 4.79 Å². The fourth-order valence-corrected chi connectivity index (χ4v) is 1.46. The highest BCUT2D eigenvalue weighted by Crippen LogP contribution is 2.11. The van der Waals surface area contributed by atoms with Crippen molar-refractivity contribution < 1.29 is 4.79 Å². The maximum atomic E-state index is 10.7. The zero-order valence-corrected chi connectivity index (χ0v) is 8.91. The Labute approximate surface area is 85.5 Å². The summed E-state index contributed by atoms with van der Waals surface area (Å²) in [7, 11) is 0. The van der Waals surface area contributed by atoms with Crippen molar-refractivity contribution in [2.45, 2.75) is 13.0 Å². The molecule has 0 radical (unpaired) electrons. The van der Waals surface area contributed by atoms with Gasteiger partial charge in [-0.05, 0) is 12.5 Å². The topological polar surface area (TPSA) is 29.1 Å². The first-order valence-electron chi connectivity index (χ1n) is 3.71. The van der Waals surface area contributed by atoms with Crippen molar-refractivity contribution in [3.05, 3.63) is 35.9 Å². The van der Waals surface area contributed by atoms with Crippen LogP contribution in [0.3, 0.4) is 0 Å². The minimum atomic E-state index is -0.0241. The van der Waals surface area contributed by atoms with Gasteiger partial charge < -0.3 is 5.32 Å². The summed E-state index contributed by atoms with van der Waals surface area (Å²) in [5.41, 5.74) is 1.13. The molecule has 1 amide bonds. The molecule has 64 valence electrons. The first kappa shape index (κ1) is 9.51. The van der Waals surface area contributed by atoms with E-state index < -0.39 is 0 Å². The van der Waals surface area contributed by atoms with Gasteiger partial charge in [-0.15, -0.1) is 0 Å². The molecule has 0 aromatic heterocycles. The zero-order valence-electron chi connectivity index (χ0n) is 6.75. The molecule has 2 nitrogen and oxygen atoms in total. The van der Waals surface area contributed by atoms with Gasteiger partial charge in [-0.1, -0.05) is 30.3 Å². The first-order valence-corrected chi connectivity index (χ1v) is 4.79. The molecule has 0 unspecified atom stereocenters. The Balaban J connectivity index is 2.65. The lowest BCUT2D eigenvalue weighted by Gasteiger charge is -2.11. The van der Waals surface area contributed by atoms with Crippen LogP contribution in [0.4, 0.5) is 4.79 Å². The molecule has 0 bridgehead atoms. The molecule has 0 aliphatic carbocycles. The maximum Gasteiger partial charge on any atom is 0.281 e. The fourth-order valence-electron chi connectivity index (χ4n) is 0.995. The van der Waals surface area contributed by atoms with Crippen molar-refractivity contribution in [2.24, 2.45) is 0 Å². The number of nitrogens with one attached hydrogen (secondary N) is 1. The Morgan fingerprint density at radius 1 is 1.42 bits per heavy atom. The lowest BCUT2D eigenvalue weighted by atomic mass is 10.1. The monoisotopic (exact) mass is 275 g/mol. The third-order valence-electron chi connectivity index (χ3n) is 1.63. The van der Waals surface area contributed by atoms with Crippen molar-refractivity contribution >= 4 is 26.5 Å². The summed E-state index contributed by atoms with van der Waals surface area (Å²) in [6.07, 6.45) is 0. The van der Waals surface area contributed by atoms with Crippen LogP contribution in [0.1, 0.15) is 18.5 Å². The van der Waals surface area contributed by atoms with E-state index in [1.807, 2.05) is 37.3 Å². The summed E-state index contributed by atoms with van der Waals surface area (Å²) in [6, 6.07) is 9.98. The van der Waals surface area contributed by atoms with Gasteiger partial charge in [0.25, 0.3) is 3.91 Å². The molecule has 1 aromatic rings. The molecule has 1 aromatic carbocycles. The second-order valence-electron chi connectivity index (χ2n) is 2.55. The lowest BCUT2D eigenvalue weighted by Crippen LogP contribution is -2.20. The van der Waals surface area contributed by atoms with E-state index in [4.69, 9.17) is 0 Å². The van der Waals surface area contributed by atoms with E-state index in [0.717, 1.165) is 5.56 Å². The molecule has 0 aliphatic heterocycles. The van der Waals surface area contributed by atoms with Gasteiger partial charge in [0.05, 0.1) is 6.04 Å². The van der Waals surface area contributed by atoms with Gasteiger partial charge in [-0.3, -0.25) is 4.79 Å². The normalized spacial score (nSPS) is 12.2. The Morgan fingerprint density at radius 3 is 2.50 bits per heavy atom. The molecule has 0 spiro atoms. The standard InChI is InChI=1S/C9H10INO/c1-7(11-9(10)12)8-5-3-2-4-6-8/h2-7H,1H3,(H,11,12)/t7-/m0/s1. The third-order valence-corrected chi connectivity index (χ3v) is 1.94. The van der Waals surface area contributed by atoms with Crippen molar-refractivity contribution in [2.75, 3.05) is 0 Å². The Morgan fingerprint density at radius 2 is 2.00 bits per heavy atom. The Hall–Kier alpha value is -0.580. The van der Waals surface area contributed by atoms with Crippen LogP contribution in [0.25, 0.3) is 0 Å². The maximum absolute atomic E-state index is 10.7. The molecule has 0 aliphatic rings. The Kier molecular flexibility index (Phi) is 3.52. The molecule has 3 heteroatoms. The van der Waals surface area contributed by atoms with E-state index in [2.05, 4.69) is 5.32 Å². The number of carbonyl (C=O) groups excluding carboxylic acids is 1. The summed E-state index contributed by atoms with van der Waals surface area (Å²) in [4.78, 5) is 10.7. The van der Waals surface area contributed by atoms with Gasteiger partial charge in [-0.2, -0.15) is 0 Å². The first-order chi connectivity index (χ1) is 5.70. The minimum absolute atomic E-state index is 0.0241. The quantitative estimate of drug-likeness (QED) is 0.502. The highest BCUT2D eigenvalue weighted by molar-refractivity contribution is 14.1. The average Bonchev–Trinajstić information content (AvgIpc) is 2.05. The molecule has 0 saturated carbocycles. The average molecular weight is 275 g/mol. The third kappa shape index (κ3) is 2.81. The van der Waals surface area contributed by atoms with Gasteiger partial charge in [0.2, 0.25) is 0 Å². The van der Waals surface area contributed by atoms with Crippen molar-refractivity contribution in [3.8, 4) is 0 Å². The SMILES string of the molecule is C[C@H](NC(=O)I)c1ccccc1. The van der Waals surface area contributed by atoms with Crippen LogP contribution in [-0.4, -0.2) is 3.91 Å². The number of rotatable bonds is 2. The number of carbonyl (C=O) groups is 1. The van der Waals surface area contributed by atoms with Crippen molar-refractivity contribution in [1.29, 1.82) is 0 Å². The van der Waals surface area contributed by atoms with Crippen LogP contribution in [0.2, 0.25) is 0 Å². The number of hydrogen-bond donors (Lipinski definition) is 1. The molecule has 0 fully saturated rings. The number of halogens is 1. The fraction of sp³-hybridized carbons (Fsp3) is 0.222. The van der Waals surface area contributed by atoms with E-state index in [1.165, 1.54) is 0 Å². The minimum Gasteiger partial charge on any atom is -0.341 e. The van der Waals surface area contributed by atoms with Gasteiger partial charge in [-0.25, -0.2) is 0 Å². The lowest BCUT2D eigenvalue weighted by molar-refractivity contribution is 0.260. The van der Waals surface area contributed by atoms with Crippen LogP contribution in [-0.2, 0) is 0 Å². The van der Waals surface area contributed by atoms with E-state index in [1.54, 1.807) is 22.6 Å². The molecule has 0 heterocycles. The van der Waals surface area contributed by atoms with E-state index in [0.29, 0.717) is 0 Å². The summed E-state index contributed by atoms with van der Waals surface area (Å²) in [6.45, 7) is 1.96. The molecule has 12 heavy (non-hydrogen) atoms. The second-order valence-corrected chi connectivity index (χ2v) is 3.53. The molecule has 1 N–H and O–H groups in total. The van der Waals surface area contributed by atoms with E-state index >= 15 is 0 Å². The second kappa shape index (κ2) is 4.45. The number of amides is 1. The largest absolute Gasteiger partial charge is 0.341 e. The smallest absolute Gasteiger partial charge is 0.281 e. The number of benzene rings is 1. The highest BCUT2D eigenvalue weighted by Gasteiger charge is 2.04. The summed E-state index contributed by atoms with van der Waals surface area (Å²) >= 11 is 1.73. The molecular weight excluding hydrogens is 265 g/mol. The molecule has 0 saturated heterocycles. The van der Waals surface area contributed by atoms with Gasteiger partial charge >= 0.3 is 0 Å². The molecule has 1 rings (SSSR count). The van der Waals surface area contributed by atoms with Crippen LogP contribution < -0.4 is 5.32 Å². The van der Waals surface area contributed by atoms with Gasteiger partial charge in [0, 0.05) is 22.6 Å². The summed E-state index contributed by atoms with van der Waals surface area (Å²) in [5, 5.41) is 2.81. The van der Waals surface area contributed by atoms with Crippen molar-refractivity contribution in [3.63, 3.8) is 0 Å². The molecular formula is C9H10INO. The summed E-state index contributed by atoms with van der Waals surface area (Å²) in [5.74, 6) is 0. The van der Waals surface area contributed by atoms with Crippen molar-refractivity contribution in [1.82, 2.24) is 5.32 Å². The predicted octanol–water partition coefficient (Wildman–Crippen LogP) is 2.89. The van der Waals surface area contributed by atoms with Crippen LogP contribution in [0, 0.1) is 0 Å². The number of hydrogen-bond acceptors (Lipinski definition) is 1. The predicted molar refractivity (Wildman–Crippen MR) is 57.4 cm³/mol. The molecule has 1 atom stereocenters. The van der Waals surface area contributed by atoms with Gasteiger partial charge in [0.15, 0.2) is 0 Å².